The molecular formula is C21H26FN5O. The smallest absolute Gasteiger partial charge is 0.311 e. The Balaban J connectivity index is 2.13. The van der Waals surface area contributed by atoms with Crippen LogP contribution in [0.15, 0.2) is 46.8 Å². The summed E-state index contributed by atoms with van der Waals surface area (Å²) >= 11 is 0. The van der Waals surface area contributed by atoms with Crippen molar-refractivity contribution >= 4 is 16.7 Å². The molecule has 2 aromatic heterocycles. The van der Waals surface area contributed by atoms with Crippen LogP contribution in [0.5, 0.6) is 0 Å². The Bertz CT molecular complexity index is 1090. The second-order valence-corrected chi connectivity index (χ2v) is 6.86. The Morgan fingerprint density at radius 1 is 1.36 bits per heavy atom. The van der Waals surface area contributed by atoms with E-state index in [0.717, 1.165) is 25.0 Å². The Kier molecular flexibility index (Phi) is 6.36. The number of fused-ring (bicyclic) bond motifs is 3. The van der Waals surface area contributed by atoms with Gasteiger partial charge < -0.3 is 5.32 Å². The summed E-state index contributed by atoms with van der Waals surface area (Å²) in [6.07, 6.45) is 7.95. The van der Waals surface area contributed by atoms with Gasteiger partial charge in [-0.25, -0.2) is 23.3 Å². The number of unbranched alkanes of at least 4 members (excludes halogenated alkanes) is 1. The highest BCUT2D eigenvalue weighted by Crippen LogP contribution is 2.17. The van der Waals surface area contributed by atoms with Crippen LogP contribution in [0.2, 0.25) is 0 Å². The summed E-state index contributed by atoms with van der Waals surface area (Å²) in [7, 11) is 0. The van der Waals surface area contributed by atoms with Crippen LogP contribution in [0.4, 0.5) is 4.39 Å². The molecular weight excluding hydrogens is 357 g/mol. The molecule has 6 nitrogen and oxygen atoms in total. The average molecular weight is 383 g/mol. The van der Waals surface area contributed by atoms with Crippen LogP contribution in [0.3, 0.4) is 0 Å². The molecule has 0 fully saturated rings. The second-order valence-electron chi connectivity index (χ2n) is 6.86. The fourth-order valence-corrected chi connectivity index (χ4v) is 3.06. The van der Waals surface area contributed by atoms with Crippen molar-refractivity contribution in [1.82, 2.24) is 24.5 Å². The average Bonchev–Trinajstić information content (AvgIpc) is 3.00. The summed E-state index contributed by atoms with van der Waals surface area (Å²) in [5.41, 5.74) is 2.85. The van der Waals surface area contributed by atoms with Gasteiger partial charge in [0, 0.05) is 12.6 Å². The minimum Gasteiger partial charge on any atom is -0.311 e. The highest BCUT2D eigenvalue weighted by Gasteiger charge is 2.16. The van der Waals surface area contributed by atoms with Gasteiger partial charge in [0.05, 0.1) is 17.6 Å². The number of rotatable bonds is 8. The molecule has 0 aliphatic carbocycles. The van der Waals surface area contributed by atoms with Crippen LogP contribution in [0.25, 0.3) is 16.7 Å². The maximum Gasteiger partial charge on any atom is 0.351 e. The first-order chi connectivity index (χ1) is 13.5. The predicted molar refractivity (Wildman–Crippen MR) is 110 cm³/mol. The van der Waals surface area contributed by atoms with Gasteiger partial charge in [-0.3, -0.25) is 0 Å². The summed E-state index contributed by atoms with van der Waals surface area (Å²) in [6.45, 7) is 7.74. The first kappa shape index (κ1) is 19.9. The molecule has 0 amide bonds. The number of hydrogen-bond acceptors (Lipinski definition) is 4. The van der Waals surface area contributed by atoms with E-state index in [-0.39, 0.29) is 5.69 Å². The molecule has 3 aromatic rings. The largest absolute Gasteiger partial charge is 0.351 e. The van der Waals surface area contributed by atoms with E-state index in [0.29, 0.717) is 35.5 Å². The molecule has 0 aliphatic heterocycles. The minimum atomic E-state index is -0.409. The molecule has 148 valence electrons. The SMILES string of the molecule is CC=CC=C(C)Cn1nc2c(CNCCCC)nc3ccc(F)cc3n2c1=O. The van der Waals surface area contributed by atoms with Crippen molar-refractivity contribution in [2.45, 2.75) is 46.7 Å². The number of allylic oxidation sites excluding steroid dienone is 4. The molecule has 1 N–H and O–H groups in total. The van der Waals surface area contributed by atoms with Gasteiger partial charge in [0.15, 0.2) is 5.65 Å². The van der Waals surface area contributed by atoms with E-state index in [9.17, 15) is 9.18 Å². The highest BCUT2D eigenvalue weighted by molar-refractivity contribution is 5.78. The van der Waals surface area contributed by atoms with Gasteiger partial charge in [-0.15, -0.1) is 5.10 Å². The van der Waals surface area contributed by atoms with Crippen molar-refractivity contribution in [2.24, 2.45) is 0 Å². The lowest BCUT2D eigenvalue weighted by molar-refractivity contribution is 0.628. The number of nitrogens with zero attached hydrogens (tertiary/aromatic N) is 4. The zero-order chi connectivity index (χ0) is 20.1. The number of aromatic nitrogens is 4. The molecule has 0 saturated heterocycles. The summed E-state index contributed by atoms with van der Waals surface area (Å²) in [5.74, 6) is -0.409. The van der Waals surface area contributed by atoms with Crippen LogP contribution < -0.4 is 11.0 Å². The Morgan fingerprint density at radius 2 is 2.18 bits per heavy atom. The standard InChI is InChI=1S/C21H26FN5O/c1-4-6-8-15(3)14-26-21(28)27-19-12-16(22)9-10-17(19)24-18(20(27)25-26)13-23-11-7-5-2/h4,6,8-10,12,23H,5,7,11,13-14H2,1-3H3. The monoisotopic (exact) mass is 383 g/mol. The van der Waals surface area contributed by atoms with Gasteiger partial charge in [0.1, 0.15) is 11.5 Å². The summed E-state index contributed by atoms with van der Waals surface area (Å²) in [6, 6.07) is 4.29. The number of halogens is 1. The molecule has 2 heterocycles. The lowest BCUT2D eigenvalue weighted by atomic mass is 10.2. The molecule has 0 spiro atoms. The van der Waals surface area contributed by atoms with Crippen molar-refractivity contribution in [3.63, 3.8) is 0 Å². The maximum atomic E-state index is 13.8. The van der Waals surface area contributed by atoms with Crippen LogP contribution >= 0.6 is 0 Å². The fraction of sp³-hybridized carbons (Fsp3) is 0.381. The van der Waals surface area contributed by atoms with Crippen molar-refractivity contribution in [1.29, 1.82) is 0 Å². The summed E-state index contributed by atoms with van der Waals surface area (Å²) in [4.78, 5) is 17.7. The normalized spacial score (nSPS) is 12.6. The molecule has 0 unspecified atom stereocenters. The zero-order valence-corrected chi connectivity index (χ0v) is 16.6. The zero-order valence-electron chi connectivity index (χ0n) is 16.6. The molecule has 3 rings (SSSR count). The van der Waals surface area contributed by atoms with Crippen molar-refractivity contribution in [3.8, 4) is 0 Å². The summed E-state index contributed by atoms with van der Waals surface area (Å²) in [5, 5.41) is 7.86. The Labute approximate surface area is 163 Å². The van der Waals surface area contributed by atoms with Gasteiger partial charge in [-0.05, 0) is 38.9 Å². The molecule has 0 atom stereocenters. The van der Waals surface area contributed by atoms with Gasteiger partial charge in [0.25, 0.3) is 0 Å². The fourth-order valence-electron chi connectivity index (χ4n) is 3.06. The van der Waals surface area contributed by atoms with Gasteiger partial charge in [-0.2, -0.15) is 0 Å². The molecule has 28 heavy (non-hydrogen) atoms. The molecule has 1 aromatic carbocycles. The van der Waals surface area contributed by atoms with E-state index in [1.165, 1.54) is 21.2 Å². The third kappa shape index (κ3) is 4.20. The third-order valence-electron chi connectivity index (χ3n) is 4.50. The van der Waals surface area contributed by atoms with Crippen molar-refractivity contribution in [2.75, 3.05) is 6.54 Å². The topological polar surface area (TPSA) is 64.2 Å². The van der Waals surface area contributed by atoms with E-state index in [2.05, 4.69) is 22.3 Å². The summed E-state index contributed by atoms with van der Waals surface area (Å²) < 4.78 is 16.7. The van der Waals surface area contributed by atoms with E-state index < -0.39 is 5.82 Å². The second kappa shape index (κ2) is 8.93. The molecule has 0 aliphatic rings. The molecule has 0 saturated carbocycles. The lowest BCUT2D eigenvalue weighted by Gasteiger charge is -2.07. The van der Waals surface area contributed by atoms with Crippen LogP contribution in [-0.4, -0.2) is 25.7 Å². The predicted octanol–water partition coefficient (Wildman–Crippen LogP) is 3.60. The minimum absolute atomic E-state index is 0.295. The first-order valence-electron chi connectivity index (χ1n) is 9.62. The van der Waals surface area contributed by atoms with E-state index in [1.54, 1.807) is 6.07 Å². The molecule has 0 radical (unpaired) electrons. The number of nitrogens with one attached hydrogen (secondary N) is 1. The van der Waals surface area contributed by atoms with Gasteiger partial charge >= 0.3 is 5.69 Å². The third-order valence-corrected chi connectivity index (χ3v) is 4.50. The number of benzene rings is 1. The first-order valence-corrected chi connectivity index (χ1v) is 9.62. The lowest BCUT2D eigenvalue weighted by Crippen LogP contribution is -2.22. The highest BCUT2D eigenvalue weighted by atomic mass is 19.1. The Hall–Kier alpha value is -2.80. The van der Waals surface area contributed by atoms with Crippen LogP contribution in [0, 0.1) is 5.82 Å². The Morgan fingerprint density at radius 3 is 2.93 bits per heavy atom. The maximum absolute atomic E-state index is 13.8. The number of hydrogen-bond donors (Lipinski definition) is 1. The van der Waals surface area contributed by atoms with Crippen molar-refractivity contribution in [3.05, 3.63) is 64.0 Å². The van der Waals surface area contributed by atoms with E-state index in [4.69, 9.17) is 0 Å². The van der Waals surface area contributed by atoms with Crippen LogP contribution in [-0.2, 0) is 13.1 Å². The quantitative estimate of drug-likeness (QED) is 0.477. The van der Waals surface area contributed by atoms with E-state index in [1.807, 2.05) is 32.1 Å². The van der Waals surface area contributed by atoms with Crippen molar-refractivity contribution < 1.29 is 4.39 Å². The molecule has 7 heteroatoms. The van der Waals surface area contributed by atoms with E-state index >= 15 is 0 Å². The van der Waals surface area contributed by atoms with Gasteiger partial charge in [0.2, 0.25) is 0 Å². The van der Waals surface area contributed by atoms with Crippen LogP contribution in [0.1, 0.15) is 39.3 Å². The van der Waals surface area contributed by atoms with Gasteiger partial charge in [-0.1, -0.05) is 37.1 Å². The molecule has 0 bridgehead atoms.